The van der Waals surface area contributed by atoms with E-state index >= 15 is 0 Å². The van der Waals surface area contributed by atoms with Gasteiger partial charge in [-0.1, -0.05) is 63.6 Å². The third-order valence-corrected chi connectivity index (χ3v) is 2.76. The van der Waals surface area contributed by atoms with Gasteiger partial charge in [-0.05, 0) is 18.6 Å². The van der Waals surface area contributed by atoms with E-state index < -0.39 is 7.82 Å². The zero-order valence-electron chi connectivity index (χ0n) is 15.5. The Morgan fingerprint density at radius 2 is 1.25 bits per heavy atom. The van der Waals surface area contributed by atoms with Crippen molar-refractivity contribution in [2.75, 3.05) is 6.61 Å². The van der Waals surface area contributed by atoms with Crippen LogP contribution in [0.4, 0.5) is 0 Å². The predicted octanol–water partition coefficient (Wildman–Crippen LogP) is -7.00. The van der Waals surface area contributed by atoms with Crippen molar-refractivity contribution in [3.63, 3.8) is 0 Å². The third kappa shape index (κ3) is 33.6. The molecule has 1 aromatic carbocycles. The van der Waals surface area contributed by atoms with Crippen molar-refractivity contribution in [2.45, 2.75) is 51.9 Å². The molecule has 1 rings (SSSR count). The fourth-order valence-electron chi connectivity index (χ4n) is 1.77. The standard InChI is InChI=1S/C15H24O.3K.H3O4P/c1-2-3-4-5-6-7-11-14-16-15-12-9-8-10-13-15;;;;1-5(2,3)4/h8-10,12-13H,2-7,11,14H2,1H3;;;;(H3,1,2,3,4)/q;3*+1;/p-3. The number of hydrogen-bond donors (Lipinski definition) is 0. The SMILES string of the molecule is CCCCCCCCCOc1ccccc1.O=P([O-])([O-])[O-].[K+].[K+].[K+]. The van der Waals surface area contributed by atoms with E-state index in [0.29, 0.717) is 0 Å². The molecule has 0 N–H and O–H groups in total. The van der Waals surface area contributed by atoms with Crippen LogP contribution in [-0.4, -0.2) is 6.61 Å². The second-order valence-corrected chi connectivity index (χ2v) is 5.62. The maximum absolute atomic E-state index is 8.55. The van der Waals surface area contributed by atoms with Crippen molar-refractivity contribution in [3.05, 3.63) is 30.3 Å². The van der Waals surface area contributed by atoms with Gasteiger partial charge in [-0.25, -0.2) is 0 Å². The molecule has 0 saturated heterocycles. The van der Waals surface area contributed by atoms with Gasteiger partial charge >= 0.3 is 154 Å². The van der Waals surface area contributed by atoms with E-state index in [0.717, 1.165) is 12.4 Å². The first kappa shape index (κ1) is 35.5. The molecule has 0 amide bonds. The molecule has 9 heteroatoms. The predicted molar refractivity (Wildman–Crippen MR) is 77.5 cm³/mol. The summed E-state index contributed by atoms with van der Waals surface area (Å²) in [6.07, 6.45) is 9.35. The maximum atomic E-state index is 8.55. The summed E-state index contributed by atoms with van der Waals surface area (Å²) in [7, 11) is -5.39. The fraction of sp³-hybridized carbons (Fsp3) is 0.600. The normalized spacial score (nSPS) is 9.33. The third-order valence-electron chi connectivity index (χ3n) is 2.76. The second kappa shape index (κ2) is 25.1. The summed E-state index contributed by atoms with van der Waals surface area (Å²) in [5.41, 5.74) is 0. The molecule has 0 heterocycles. The van der Waals surface area contributed by atoms with E-state index in [1.807, 2.05) is 30.3 Å². The molecule has 0 aromatic heterocycles. The molecule has 24 heavy (non-hydrogen) atoms. The van der Waals surface area contributed by atoms with Crippen LogP contribution in [0.15, 0.2) is 30.3 Å². The fourth-order valence-corrected chi connectivity index (χ4v) is 1.77. The van der Waals surface area contributed by atoms with Crippen LogP contribution in [0.2, 0.25) is 0 Å². The Labute approximate surface area is 274 Å². The molecule has 1 aromatic rings. The molecule has 122 valence electrons. The number of ether oxygens (including phenoxy) is 1. The number of unbranched alkanes of at least 4 members (excludes halogenated alkanes) is 6. The van der Waals surface area contributed by atoms with Crippen LogP contribution in [-0.2, 0) is 4.57 Å². The van der Waals surface area contributed by atoms with Crippen LogP contribution in [0.1, 0.15) is 51.9 Å². The first-order valence-electron chi connectivity index (χ1n) is 7.34. The molecule has 0 radical (unpaired) electrons. The number of benzene rings is 1. The summed E-state index contributed by atoms with van der Waals surface area (Å²) in [4.78, 5) is 25.6. The topological polar surface area (TPSA) is 95.5 Å². The van der Waals surface area contributed by atoms with Gasteiger partial charge in [0.25, 0.3) is 0 Å². The summed E-state index contributed by atoms with van der Waals surface area (Å²) < 4.78 is 14.2. The number of rotatable bonds is 9. The molecule has 0 fully saturated rings. The van der Waals surface area contributed by atoms with E-state index in [9.17, 15) is 0 Å². The van der Waals surface area contributed by atoms with Crippen molar-refractivity contribution in [1.29, 1.82) is 0 Å². The van der Waals surface area contributed by atoms with Crippen LogP contribution in [0.3, 0.4) is 0 Å². The van der Waals surface area contributed by atoms with Crippen LogP contribution < -0.4 is 174 Å². The number of hydrogen-bond acceptors (Lipinski definition) is 5. The Bertz CT molecular complexity index is 382. The zero-order chi connectivity index (χ0) is 16.0. The van der Waals surface area contributed by atoms with Gasteiger partial charge in [0.1, 0.15) is 5.75 Å². The molecular weight excluding hydrogens is 408 g/mol. The van der Waals surface area contributed by atoms with E-state index in [-0.39, 0.29) is 154 Å². The molecule has 0 aliphatic rings. The number of para-hydroxylation sites is 1. The minimum atomic E-state index is -5.39. The van der Waals surface area contributed by atoms with Crippen LogP contribution >= 0.6 is 7.82 Å². The van der Waals surface area contributed by atoms with Crippen molar-refractivity contribution < 1.29 is 178 Å². The van der Waals surface area contributed by atoms with Crippen LogP contribution in [0.25, 0.3) is 0 Å². The van der Waals surface area contributed by atoms with Gasteiger partial charge < -0.3 is 24.0 Å². The van der Waals surface area contributed by atoms with E-state index in [2.05, 4.69) is 6.92 Å². The summed E-state index contributed by atoms with van der Waals surface area (Å²) >= 11 is 0. The quantitative estimate of drug-likeness (QED) is 0.220. The smallest absolute Gasteiger partial charge is 0.822 e. The molecule has 0 saturated carbocycles. The monoisotopic (exact) mass is 432 g/mol. The van der Waals surface area contributed by atoms with Gasteiger partial charge in [-0.3, -0.25) is 0 Å². The van der Waals surface area contributed by atoms with Gasteiger partial charge in [0.15, 0.2) is 0 Å². The Morgan fingerprint density at radius 1 is 0.833 bits per heavy atom. The molecule has 0 bridgehead atoms. The Kier molecular flexibility index (Phi) is 37.1. The molecule has 0 spiro atoms. The first-order chi connectivity index (χ1) is 9.93. The zero-order valence-corrected chi connectivity index (χ0v) is 25.8. The summed E-state index contributed by atoms with van der Waals surface area (Å²) in [6, 6.07) is 10.1. The van der Waals surface area contributed by atoms with E-state index in [4.69, 9.17) is 24.0 Å². The van der Waals surface area contributed by atoms with Crippen LogP contribution in [0.5, 0.6) is 5.75 Å². The first-order valence-corrected chi connectivity index (χ1v) is 8.80. The minimum Gasteiger partial charge on any atom is -0.822 e. The Morgan fingerprint density at radius 3 is 1.71 bits per heavy atom. The van der Waals surface area contributed by atoms with Gasteiger partial charge in [-0.2, -0.15) is 7.82 Å². The summed E-state index contributed by atoms with van der Waals surface area (Å²) in [6.45, 7) is 3.12. The van der Waals surface area contributed by atoms with Crippen molar-refractivity contribution >= 4 is 7.82 Å². The molecule has 0 aliphatic carbocycles. The Hall–Kier alpha value is 4.04. The average Bonchev–Trinajstić information content (AvgIpc) is 2.41. The number of phosphoric acid groups is 1. The molecule has 0 unspecified atom stereocenters. The largest absolute Gasteiger partial charge is 1.00 e. The van der Waals surface area contributed by atoms with Gasteiger partial charge in [0, 0.05) is 0 Å². The Balaban J connectivity index is -0.000000221. The summed E-state index contributed by atoms with van der Waals surface area (Å²) in [5, 5.41) is 0. The van der Waals surface area contributed by atoms with E-state index in [1.54, 1.807) is 0 Å². The minimum absolute atomic E-state index is 0. The van der Waals surface area contributed by atoms with Crippen molar-refractivity contribution in [2.24, 2.45) is 0 Å². The molecule has 0 aliphatic heterocycles. The van der Waals surface area contributed by atoms with Gasteiger partial charge in [0.2, 0.25) is 0 Å². The average molecular weight is 433 g/mol. The molecule has 0 atom stereocenters. The van der Waals surface area contributed by atoms with Crippen molar-refractivity contribution in [1.82, 2.24) is 0 Å². The summed E-state index contributed by atoms with van der Waals surface area (Å²) in [5.74, 6) is 0.994. The van der Waals surface area contributed by atoms with Crippen molar-refractivity contribution in [3.8, 4) is 5.75 Å². The molecule has 5 nitrogen and oxygen atoms in total. The molecular formula is C15H24K3O5P. The van der Waals surface area contributed by atoms with Gasteiger partial charge in [0.05, 0.1) is 6.61 Å². The van der Waals surface area contributed by atoms with Gasteiger partial charge in [-0.15, -0.1) is 0 Å². The van der Waals surface area contributed by atoms with E-state index in [1.165, 1.54) is 44.9 Å². The second-order valence-electron chi connectivity index (χ2n) is 4.73. The maximum Gasteiger partial charge on any atom is 1.00 e. The van der Waals surface area contributed by atoms with Crippen LogP contribution in [0, 0.1) is 0 Å².